The van der Waals surface area contributed by atoms with E-state index in [4.69, 9.17) is 27.9 Å². The Balaban J connectivity index is 1.61. The van der Waals surface area contributed by atoms with Gasteiger partial charge in [-0.3, -0.25) is 14.9 Å². The quantitative estimate of drug-likeness (QED) is 0.180. The van der Waals surface area contributed by atoms with E-state index in [9.17, 15) is 14.4 Å². The lowest BCUT2D eigenvalue weighted by atomic mass is 10.1. The molecule has 1 N–H and O–H groups in total. The number of hydrogen-bond acceptors (Lipinski definition) is 4. The molecular formula is C25H16BrCl2IN2O4. The van der Waals surface area contributed by atoms with Gasteiger partial charge < -0.3 is 4.74 Å². The van der Waals surface area contributed by atoms with Crippen molar-refractivity contribution >= 4 is 91.3 Å². The molecule has 0 atom stereocenters. The molecule has 35 heavy (non-hydrogen) atoms. The second kappa shape index (κ2) is 10.7. The Labute approximate surface area is 233 Å². The van der Waals surface area contributed by atoms with E-state index in [1.807, 2.05) is 12.1 Å². The summed E-state index contributed by atoms with van der Waals surface area (Å²) in [5, 5.41) is 3.26. The Kier molecular flexibility index (Phi) is 7.85. The van der Waals surface area contributed by atoms with Gasteiger partial charge in [0.15, 0.2) is 0 Å². The molecule has 3 aromatic rings. The minimum atomic E-state index is -0.834. The number of halogens is 4. The topological polar surface area (TPSA) is 75.7 Å². The summed E-state index contributed by atoms with van der Waals surface area (Å²) >= 11 is 17.7. The first kappa shape index (κ1) is 25.7. The van der Waals surface area contributed by atoms with Gasteiger partial charge in [0.2, 0.25) is 0 Å². The smallest absolute Gasteiger partial charge is 0.335 e. The number of imide groups is 2. The van der Waals surface area contributed by atoms with Crippen LogP contribution in [0.4, 0.5) is 10.5 Å². The second-order valence-electron chi connectivity index (χ2n) is 7.62. The fourth-order valence-corrected chi connectivity index (χ4v) is 5.39. The summed E-state index contributed by atoms with van der Waals surface area (Å²) in [4.78, 5) is 39.0. The van der Waals surface area contributed by atoms with Gasteiger partial charge in [-0.25, -0.2) is 9.69 Å². The lowest BCUT2D eigenvalue weighted by Gasteiger charge is -2.26. The van der Waals surface area contributed by atoms with Gasteiger partial charge in [0.05, 0.1) is 13.7 Å². The number of aryl methyl sites for hydroxylation is 1. The van der Waals surface area contributed by atoms with Gasteiger partial charge in [-0.1, -0.05) is 41.4 Å². The van der Waals surface area contributed by atoms with Crippen LogP contribution < -0.4 is 15.0 Å². The Morgan fingerprint density at radius 3 is 2.43 bits per heavy atom. The molecule has 6 nitrogen and oxygen atoms in total. The highest BCUT2D eigenvalue weighted by atomic mass is 127. The predicted octanol–water partition coefficient (Wildman–Crippen LogP) is 6.91. The number of carbonyl (C=O) groups is 3. The minimum absolute atomic E-state index is 0.182. The Morgan fingerprint density at radius 1 is 1.06 bits per heavy atom. The van der Waals surface area contributed by atoms with Gasteiger partial charge in [-0.15, -0.1) is 0 Å². The molecule has 1 aliphatic heterocycles. The van der Waals surface area contributed by atoms with Crippen LogP contribution in [-0.4, -0.2) is 17.8 Å². The van der Waals surface area contributed by atoms with E-state index in [1.165, 1.54) is 12.1 Å². The first-order chi connectivity index (χ1) is 16.6. The predicted molar refractivity (Wildman–Crippen MR) is 148 cm³/mol. The van der Waals surface area contributed by atoms with Crippen molar-refractivity contribution in [1.29, 1.82) is 0 Å². The van der Waals surface area contributed by atoms with Crippen molar-refractivity contribution in [3.63, 3.8) is 0 Å². The zero-order chi connectivity index (χ0) is 25.3. The molecule has 3 aromatic carbocycles. The Bertz CT molecular complexity index is 1370. The molecule has 178 valence electrons. The van der Waals surface area contributed by atoms with Gasteiger partial charge in [0.25, 0.3) is 11.8 Å². The number of barbiturate groups is 1. The fraction of sp³-hybridized carbons (Fsp3) is 0.0800. The number of benzene rings is 3. The monoisotopic (exact) mass is 684 g/mol. The average Bonchev–Trinajstić information content (AvgIpc) is 2.79. The number of carbonyl (C=O) groups excluding carboxylic acids is 3. The summed E-state index contributed by atoms with van der Waals surface area (Å²) in [6.45, 7) is 2.14. The molecule has 0 saturated carbocycles. The van der Waals surface area contributed by atoms with Crippen LogP contribution >= 0.6 is 61.7 Å². The van der Waals surface area contributed by atoms with Crippen LogP contribution in [0.3, 0.4) is 0 Å². The zero-order valence-corrected chi connectivity index (χ0v) is 23.3. The molecule has 0 unspecified atom stereocenters. The number of nitrogens with zero attached hydrogens (tertiary/aromatic N) is 1. The third kappa shape index (κ3) is 5.72. The van der Waals surface area contributed by atoms with Gasteiger partial charge in [0, 0.05) is 10.0 Å². The molecule has 4 amide bonds. The largest absolute Gasteiger partial charge is 0.487 e. The van der Waals surface area contributed by atoms with E-state index >= 15 is 0 Å². The van der Waals surface area contributed by atoms with E-state index in [0.29, 0.717) is 32.4 Å². The molecule has 1 fully saturated rings. The van der Waals surface area contributed by atoms with E-state index in [0.717, 1.165) is 19.6 Å². The van der Waals surface area contributed by atoms with Gasteiger partial charge >= 0.3 is 6.03 Å². The first-order valence-electron chi connectivity index (χ1n) is 10.2. The molecule has 0 radical (unpaired) electrons. The van der Waals surface area contributed by atoms with Crippen LogP contribution in [0.2, 0.25) is 10.0 Å². The van der Waals surface area contributed by atoms with Crippen molar-refractivity contribution in [3.8, 4) is 5.75 Å². The van der Waals surface area contributed by atoms with Gasteiger partial charge in [-0.2, -0.15) is 0 Å². The third-order valence-corrected chi connectivity index (χ3v) is 7.19. The lowest BCUT2D eigenvalue weighted by molar-refractivity contribution is -0.122. The van der Waals surface area contributed by atoms with Crippen LogP contribution in [0.15, 0.2) is 64.6 Å². The number of amides is 4. The van der Waals surface area contributed by atoms with Gasteiger partial charge in [0.1, 0.15) is 17.9 Å². The molecule has 0 bridgehead atoms. The fourth-order valence-electron chi connectivity index (χ4n) is 3.32. The molecule has 10 heteroatoms. The molecule has 1 saturated heterocycles. The summed E-state index contributed by atoms with van der Waals surface area (Å²) in [5.41, 5.74) is 2.41. The summed E-state index contributed by atoms with van der Waals surface area (Å²) in [7, 11) is 0. The standard InChI is InChI=1S/C25H16BrCl2IN2O4/c1-13-2-7-17(11-20(13)28)31-24(33)18(23(32)30-25(31)34)8-15-9-19(26)22(21(29)10-15)35-12-14-3-5-16(27)6-4-14/h2-11H,12H2,1H3,(H,30,32,34)/b18-8-. The van der Waals surface area contributed by atoms with Crippen molar-refractivity contribution in [2.75, 3.05) is 4.90 Å². The van der Waals surface area contributed by atoms with Crippen LogP contribution in [-0.2, 0) is 16.2 Å². The molecular weight excluding hydrogens is 670 g/mol. The molecule has 1 aliphatic rings. The highest BCUT2D eigenvalue weighted by Gasteiger charge is 2.37. The van der Waals surface area contributed by atoms with E-state index in [-0.39, 0.29) is 11.3 Å². The van der Waals surface area contributed by atoms with E-state index < -0.39 is 17.8 Å². The molecule has 0 aromatic heterocycles. The maximum Gasteiger partial charge on any atom is 0.335 e. The molecule has 1 heterocycles. The summed E-state index contributed by atoms with van der Waals surface area (Å²) < 4.78 is 7.37. The van der Waals surface area contributed by atoms with Crippen molar-refractivity contribution in [2.24, 2.45) is 0 Å². The Hall–Kier alpha value is -2.40. The van der Waals surface area contributed by atoms with Gasteiger partial charge in [-0.05, 0) is 105 Å². The number of hydrogen-bond donors (Lipinski definition) is 1. The second-order valence-corrected chi connectivity index (χ2v) is 10.5. The number of nitrogens with one attached hydrogen (secondary N) is 1. The summed E-state index contributed by atoms with van der Waals surface area (Å²) in [5.74, 6) is -0.898. The number of rotatable bonds is 5. The normalized spacial score (nSPS) is 14.9. The zero-order valence-electron chi connectivity index (χ0n) is 18.1. The number of urea groups is 1. The maximum atomic E-state index is 13.2. The first-order valence-corrected chi connectivity index (χ1v) is 12.8. The molecule has 4 rings (SSSR count). The number of anilines is 1. The summed E-state index contributed by atoms with van der Waals surface area (Å²) in [6.07, 6.45) is 1.43. The van der Waals surface area contributed by atoms with Crippen molar-refractivity contribution < 1.29 is 19.1 Å². The SMILES string of the molecule is Cc1ccc(N2C(=O)NC(=O)/C(=C/c3cc(Br)c(OCc4ccc(Cl)cc4)c(I)c3)C2=O)cc1Cl. The summed E-state index contributed by atoms with van der Waals surface area (Å²) in [6, 6.07) is 14.8. The molecule has 0 spiro atoms. The van der Waals surface area contributed by atoms with Crippen LogP contribution in [0, 0.1) is 10.5 Å². The minimum Gasteiger partial charge on any atom is -0.487 e. The van der Waals surface area contributed by atoms with E-state index in [2.05, 4.69) is 43.8 Å². The van der Waals surface area contributed by atoms with Crippen LogP contribution in [0.1, 0.15) is 16.7 Å². The highest BCUT2D eigenvalue weighted by molar-refractivity contribution is 14.1. The highest BCUT2D eigenvalue weighted by Crippen LogP contribution is 2.34. The van der Waals surface area contributed by atoms with Crippen molar-refractivity contribution in [1.82, 2.24) is 5.32 Å². The number of ether oxygens (including phenoxy) is 1. The van der Waals surface area contributed by atoms with E-state index in [1.54, 1.807) is 43.3 Å². The van der Waals surface area contributed by atoms with Crippen LogP contribution in [0.25, 0.3) is 6.08 Å². The maximum absolute atomic E-state index is 13.2. The van der Waals surface area contributed by atoms with Crippen LogP contribution in [0.5, 0.6) is 5.75 Å². The van der Waals surface area contributed by atoms with Crippen molar-refractivity contribution in [2.45, 2.75) is 13.5 Å². The molecule has 0 aliphatic carbocycles. The average molecular weight is 686 g/mol. The lowest BCUT2D eigenvalue weighted by Crippen LogP contribution is -2.54. The third-order valence-electron chi connectivity index (χ3n) is 5.14. The van der Waals surface area contributed by atoms with Crippen molar-refractivity contribution in [3.05, 3.63) is 94.9 Å². The Morgan fingerprint density at radius 2 is 1.77 bits per heavy atom.